The van der Waals surface area contributed by atoms with Gasteiger partial charge in [-0.25, -0.2) is 20.0 Å². The smallest absolute Gasteiger partial charge is 0.429 e. The Morgan fingerprint density at radius 3 is 1.82 bits per heavy atom. The third-order valence-corrected chi connectivity index (χ3v) is 5.55. The second kappa shape index (κ2) is 10.3. The summed E-state index contributed by atoms with van der Waals surface area (Å²) in [5.41, 5.74) is -0.0425. The lowest BCUT2D eigenvalue weighted by Gasteiger charge is -2.50. The number of nitrogens with zero attached hydrogens (tertiary/aromatic N) is 1. The van der Waals surface area contributed by atoms with Gasteiger partial charge in [-0.3, -0.25) is 8.37 Å². The van der Waals surface area contributed by atoms with E-state index in [1.807, 2.05) is 0 Å². The molecule has 0 atom stereocenters. The summed E-state index contributed by atoms with van der Waals surface area (Å²) in [6.45, 7) is 9.60. The molecule has 1 N–H and O–H groups in total. The summed E-state index contributed by atoms with van der Waals surface area (Å²) < 4.78 is 65.9. The van der Waals surface area contributed by atoms with E-state index in [-0.39, 0.29) is 32.5 Å². The van der Waals surface area contributed by atoms with Gasteiger partial charge < -0.3 is 9.47 Å². The van der Waals surface area contributed by atoms with Crippen molar-refractivity contribution in [1.82, 2.24) is 10.4 Å². The van der Waals surface area contributed by atoms with Crippen molar-refractivity contribution in [2.75, 3.05) is 25.7 Å². The van der Waals surface area contributed by atoms with Crippen LogP contribution in [0.15, 0.2) is 0 Å². The highest BCUT2D eigenvalue weighted by atomic mass is 32.2. The molecule has 0 saturated heterocycles. The average molecular weight is 517 g/mol. The third-order valence-electron chi connectivity index (χ3n) is 4.41. The Bertz CT molecular complexity index is 911. The predicted molar refractivity (Wildman–Crippen MR) is 119 cm³/mol. The van der Waals surface area contributed by atoms with Crippen LogP contribution in [-0.2, 0) is 38.1 Å². The molecule has 1 aliphatic rings. The molecule has 0 bridgehead atoms. The van der Waals surface area contributed by atoms with E-state index in [1.165, 1.54) is 0 Å². The number of hydrazine groups is 1. The molecular weight excluding hydrogens is 480 g/mol. The van der Waals surface area contributed by atoms with Gasteiger partial charge in [0.2, 0.25) is 0 Å². The molecular formula is C19H36N2O10S2. The first-order chi connectivity index (χ1) is 14.6. The van der Waals surface area contributed by atoms with E-state index in [2.05, 4.69) is 5.43 Å². The molecule has 0 aromatic rings. The largest absolute Gasteiger partial charge is 0.443 e. The summed E-state index contributed by atoms with van der Waals surface area (Å²) in [5, 5.41) is 1.01. The molecule has 0 radical (unpaired) electrons. The van der Waals surface area contributed by atoms with E-state index in [9.17, 15) is 26.4 Å². The highest BCUT2D eigenvalue weighted by Gasteiger charge is 2.50. The van der Waals surface area contributed by atoms with Crippen molar-refractivity contribution >= 4 is 32.4 Å². The first kappa shape index (κ1) is 29.4. The van der Waals surface area contributed by atoms with Crippen LogP contribution in [0.25, 0.3) is 0 Å². The van der Waals surface area contributed by atoms with Gasteiger partial charge in [-0.2, -0.15) is 16.8 Å². The summed E-state index contributed by atoms with van der Waals surface area (Å²) in [6, 6.07) is -0.575. The zero-order valence-electron chi connectivity index (χ0n) is 20.5. The van der Waals surface area contributed by atoms with Gasteiger partial charge >= 0.3 is 12.2 Å². The Morgan fingerprint density at radius 1 is 0.909 bits per heavy atom. The van der Waals surface area contributed by atoms with Crippen molar-refractivity contribution in [3.63, 3.8) is 0 Å². The van der Waals surface area contributed by atoms with Crippen molar-refractivity contribution in [1.29, 1.82) is 0 Å². The Balaban J connectivity index is 3.02. The SMILES string of the molecule is CC(C)(C)OC(=O)NN(C(=O)OC(C)(C)C)C1CC(CCOS(C)(=O)=O)(COS(C)(=O)=O)C1. The predicted octanol–water partition coefficient (Wildman–Crippen LogP) is 2.15. The maximum atomic E-state index is 12.8. The van der Waals surface area contributed by atoms with Crippen molar-refractivity contribution in [3.05, 3.63) is 0 Å². The fourth-order valence-corrected chi connectivity index (χ4v) is 4.00. The number of nitrogens with one attached hydrogen (secondary N) is 1. The number of ether oxygens (including phenoxy) is 2. The quantitative estimate of drug-likeness (QED) is 0.375. The van der Waals surface area contributed by atoms with Crippen LogP contribution in [0, 0.1) is 5.41 Å². The average Bonchev–Trinajstić information content (AvgIpc) is 2.48. The van der Waals surface area contributed by atoms with E-state index >= 15 is 0 Å². The second-order valence-electron chi connectivity index (χ2n) is 10.3. The normalized spacial score (nSPS) is 21.6. The monoisotopic (exact) mass is 516 g/mol. The molecule has 2 amide bonds. The van der Waals surface area contributed by atoms with Gasteiger partial charge in [-0.15, -0.1) is 0 Å². The van der Waals surface area contributed by atoms with Crippen LogP contribution in [0.4, 0.5) is 9.59 Å². The Hall–Kier alpha value is -1.64. The summed E-state index contributed by atoms with van der Waals surface area (Å²) in [5.74, 6) is 0. The molecule has 1 saturated carbocycles. The molecule has 0 unspecified atom stereocenters. The summed E-state index contributed by atoms with van der Waals surface area (Å²) in [7, 11) is -7.45. The van der Waals surface area contributed by atoms with Gasteiger partial charge in [-0.05, 0) is 60.8 Å². The van der Waals surface area contributed by atoms with Gasteiger partial charge in [0.25, 0.3) is 20.2 Å². The Morgan fingerprint density at radius 2 is 1.39 bits per heavy atom. The number of carbonyl (C=O) groups is 2. The lowest BCUT2D eigenvalue weighted by Crippen LogP contribution is -2.61. The van der Waals surface area contributed by atoms with Crippen molar-refractivity contribution in [2.24, 2.45) is 5.41 Å². The van der Waals surface area contributed by atoms with Gasteiger partial charge in [0, 0.05) is 5.41 Å². The Kier molecular flexibility index (Phi) is 9.19. The molecule has 0 aromatic carbocycles. The molecule has 0 heterocycles. The van der Waals surface area contributed by atoms with Gasteiger partial charge in [0.05, 0.1) is 31.8 Å². The van der Waals surface area contributed by atoms with Crippen molar-refractivity contribution in [2.45, 2.75) is 78.0 Å². The van der Waals surface area contributed by atoms with Crippen LogP contribution >= 0.6 is 0 Å². The molecule has 1 rings (SSSR count). The van der Waals surface area contributed by atoms with Gasteiger partial charge in [0.1, 0.15) is 11.2 Å². The number of rotatable bonds is 8. The number of hydrogen-bond acceptors (Lipinski definition) is 10. The lowest BCUT2D eigenvalue weighted by molar-refractivity contribution is -0.0690. The van der Waals surface area contributed by atoms with E-state index in [4.69, 9.17) is 17.8 Å². The molecule has 0 aliphatic heterocycles. The summed E-state index contributed by atoms with van der Waals surface area (Å²) >= 11 is 0. The molecule has 0 spiro atoms. The number of hydrogen-bond donors (Lipinski definition) is 1. The molecule has 12 nitrogen and oxygen atoms in total. The third kappa shape index (κ3) is 11.9. The summed E-state index contributed by atoms with van der Waals surface area (Å²) in [6.07, 6.45) is 0.685. The van der Waals surface area contributed by atoms with Crippen LogP contribution in [0.2, 0.25) is 0 Å². The van der Waals surface area contributed by atoms with E-state index in [0.29, 0.717) is 0 Å². The minimum atomic E-state index is -3.76. The standard InChI is InChI=1S/C19H36N2O10S2/c1-17(2,3)30-15(22)20-21(16(23)31-18(4,5)6)14-11-19(12-14,13-29-33(8,26)27)9-10-28-32(7,24)25/h14H,9-13H2,1-8H3,(H,20,22). The highest BCUT2D eigenvalue weighted by molar-refractivity contribution is 7.86. The van der Waals surface area contributed by atoms with Crippen LogP contribution in [0.1, 0.15) is 60.8 Å². The molecule has 194 valence electrons. The molecule has 14 heteroatoms. The van der Waals surface area contributed by atoms with Crippen LogP contribution in [-0.4, -0.2) is 77.0 Å². The number of amides is 2. The summed E-state index contributed by atoms with van der Waals surface area (Å²) in [4.78, 5) is 25.1. The fourth-order valence-electron chi connectivity index (χ4n) is 3.15. The van der Waals surface area contributed by atoms with Gasteiger partial charge in [-0.1, -0.05) is 0 Å². The minimum absolute atomic E-state index is 0.153. The highest BCUT2D eigenvalue weighted by Crippen LogP contribution is 2.47. The first-order valence-electron chi connectivity index (χ1n) is 10.3. The topological polar surface area (TPSA) is 155 Å². The maximum absolute atomic E-state index is 12.8. The first-order valence-corrected chi connectivity index (χ1v) is 13.9. The van der Waals surface area contributed by atoms with E-state index in [0.717, 1.165) is 17.5 Å². The zero-order chi connectivity index (χ0) is 25.9. The van der Waals surface area contributed by atoms with Crippen LogP contribution in [0.3, 0.4) is 0 Å². The second-order valence-corrected chi connectivity index (χ2v) is 13.6. The molecule has 33 heavy (non-hydrogen) atoms. The Labute approximate surface area is 196 Å². The fraction of sp³-hybridized carbons (Fsp3) is 0.895. The lowest BCUT2D eigenvalue weighted by atomic mass is 9.64. The van der Waals surface area contributed by atoms with E-state index < -0.39 is 55.1 Å². The molecule has 1 aliphatic carbocycles. The minimum Gasteiger partial charge on any atom is -0.443 e. The van der Waals surface area contributed by atoms with Crippen molar-refractivity contribution in [3.8, 4) is 0 Å². The van der Waals surface area contributed by atoms with Crippen molar-refractivity contribution < 1.29 is 44.3 Å². The van der Waals surface area contributed by atoms with E-state index in [1.54, 1.807) is 41.5 Å². The molecule has 0 aromatic heterocycles. The van der Waals surface area contributed by atoms with Crippen LogP contribution < -0.4 is 5.43 Å². The number of carbonyl (C=O) groups excluding carboxylic acids is 2. The van der Waals surface area contributed by atoms with Crippen LogP contribution in [0.5, 0.6) is 0 Å². The molecule has 1 fully saturated rings. The van der Waals surface area contributed by atoms with Gasteiger partial charge in [0.15, 0.2) is 0 Å². The zero-order valence-corrected chi connectivity index (χ0v) is 22.1. The maximum Gasteiger partial charge on any atom is 0.429 e.